The van der Waals surface area contributed by atoms with Gasteiger partial charge < -0.3 is 23.8 Å². The fraction of sp³-hybridized carbons (Fsp3) is 0.464. The number of anilines is 1. The number of hydrogen-bond acceptors (Lipinski definition) is 6. The van der Waals surface area contributed by atoms with Crippen LogP contribution in [0.25, 0.3) is 22.4 Å². The van der Waals surface area contributed by atoms with Crippen LogP contribution in [0.2, 0.25) is 0 Å². The van der Waals surface area contributed by atoms with Crippen molar-refractivity contribution < 1.29 is 19.1 Å². The molecule has 1 atom stereocenters. The fourth-order valence-corrected chi connectivity index (χ4v) is 4.99. The minimum atomic E-state index is -0.656. The summed E-state index contributed by atoms with van der Waals surface area (Å²) in [5, 5.41) is 0. The Balaban J connectivity index is 1.26. The number of para-hydroxylation sites is 2. The molecule has 3 aromatic rings. The molecule has 9 nitrogen and oxygen atoms in total. The molecule has 3 heterocycles. The summed E-state index contributed by atoms with van der Waals surface area (Å²) in [5.74, 6) is 0.843. The van der Waals surface area contributed by atoms with E-state index < -0.39 is 17.7 Å². The Labute approximate surface area is 217 Å². The van der Waals surface area contributed by atoms with E-state index in [2.05, 4.69) is 39.8 Å². The second-order valence-electron chi connectivity index (χ2n) is 10.6. The Morgan fingerprint density at radius 2 is 1.76 bits per heavy atom. The van der Waals surface area contributed by atoms with E-state index in [-0.39, 0.29) is 12.5 Å². The zero-order valence-electron chi connectivity index (χ0n) is 22.0. The first kappa shape index (κ1) is 25.1. The quantitative estimate of drug-likeness (QED) is 0.542. The van der Waals surface area contributed by atoms with E-state index in [0.717, 1.165) is 28.1 Å². The van der Waals surface area contributed by atoms with Gasteiger partial charge in [0.2, 0.25) is 5.91 Å². The molecule has 0 radical (unpaired) electrons. The summed E-state index contributed by atoms with van der Waals surface area (Å²) in [7, 11) is 2.04. The third-order valence-electron chi connectivity index (χ3n) is 6.89. The van der Waals surface area contributed by atoms with Crippen LogP contribution in [-0.4, -0.2) is 88.9 Å². The van der Waals surface area contributed by atoms with Crippen molar-refractivity contribution in [3.05, 3.63) is 48.5 Å². The molecule has 196 valence electrons. The normalized spacial score (nSPS) is 18.8. The molecule has 0 N–H and O–H groups in total. The Morgan fingerprint density at radius 3 is 2.49 bits per heavy atom. The molecule has 5 rings (SSSR count). The van der Waals surface area contributed by atoms with E-state index in [1.54, 1.807) is 0 Å². The summed E-state index contributed by atoms with van der Waals surface area (Å²) in [4.78, 5) is 36.6. The number of amides is 2. The van der Waals surface area contributed by atoms with Gasteiger partial charge in [-0.05, 0) is 45.0 Å². The monoisotopic (exact) mass is 505 g/mol. The van der Waals surface area contributed by atoms with Gasteiger partial charge in [0.05, 0.1) is 24.2 Å². The van der Waals surface area contributed by atoms with E-state index in [1.165, 1.54) is 4.90 Å². The predicted octanol–water partition coefficient (Wildman–Crippen LogP) is 3.52. The van der Waals surface area contributed by atoms with Crippen molar-refractivity contribution in [1.82, 2.24) is 19.4 Å². The standard InChI is InChI=1S/C28H35N5O4/c1-28(2,3)37-27(35)33-16-17-36-19-24(33)26(34)32-14-12-31(13-15-32)21-9-7-8-20(18-21)25-29-22-10-5-6-11-23(22)30(25)4/h5-11,18,24H,12-17,19H2,1-4H3/t24-/m0/s1. The summed E-state index contributed by atoms with van der Waals surface area (Å²) in [5.41, 5.74) is 3.62. The van der Waals surface area contributed by atoms with E-state index in [9.17, 15) is 9.59 Å². The predicted molar refractivity (Wildman–Crippen MR) is 142 cm³/mol. The van der Waals surface area contributed by atoms with E-state index in [1.807, 2.05) is 50.9 Å². The lowest BCUT2D eigenvalue weighted by atomic mass is 10.1. The number of piperazine rings is 1. The van der Waals surface area contributed by atoms with Crippen molar-refractivity contribution in [1.29, 1.82) is 0 Å². The molecule has 2 saturated heterocycles. The molecule has 2 aliphatic rings. The van der Waals surface area contributed by atoms with Crippen LogP contribution in [0.3, 0.4) is 0 Å². The molecule has 9 heteroatoms. The zero-order valence-corrected chi connectivity index (χ0v) is 22.0. The number of morpholine rings is 1. The number of hydrogen-bond donors (Lipinski definition) is 0. The highest BCUT2D eigenvalue weighted by Crippen LogP contribution is 2.28. The molecule has 2 aliphatic heterocycles. The molecule has 0 saturated carbocycles. The van der Waals surface area contributed by atoms with Gasteiger partial charge in [0, 0.05) is 51.0 Å². The van der Waals surface area contributed by atoms with Crippen LogP contribution in [0.1, 0.15) is 20.8 Å². The number of nitrogens with zero attached hydrogens (tertiary/aromatic N) is 5. The molecule has 0 unspecified atom stereocenters. The highest BCUT2D eigenvalue weighted by atomic mass is 16.6. The van der Waals surface area contributed by atoms with Gasteiger partial charge >= 0.3 is 6.09 Å². The molecule has 2 amide bonds. The van der Waals surface area contributed by atoms with Gasteiger partial charge in [-0.1, -0.05) is 24.3 Å². The SMILES string of the molecule is Cn1c(-c2cccc(N3CCN(C(=O)[C@@H]4COCCN4C(=O)OC(C)(C)C)CC3)c2)nc2ccccc21. The lowest BCUT2D eigenvalue weighted by Crippen LogP contribution is -2.60. The molecule has 37 heavy (non-hydrogen) atoms. The molecule has 0 aliphatic carbocycles. The summed E-state index contributed by atoms with van der Waals surface area (Å²) in [6, 6.07) is 15.9. The number of ether oxygens (including phenoxy) is 2. The first-order valence-electron chi connectivity index (χ1n) is 12.8. The smallest absolute Gasteiger partial charge is 0.411 e. The largest absolute Gasteiger partial charge is 0.444 e. The van der Waals surface area contributed by atoms with Crippen LogP contribution in [0.15, 0.2) is 48.5 Å². The van der Waals surface area contributed by atoms with Crippen molar-refractivity contribution >= 4 is 28.7 Å². The second-order valence-corrected chi connectivity index (χ2v) is 10.6. The van der Waals surface area contributed by atoms with Crippen LogP contribution < -0.4 is 4.90 Å². The van der Waals surface area contributed by atoms with Gasteiger partial charge in [-0.25, -0.2) is 9.78 Å². The van der Waals surface area contributed by atoms with Gasteiger partial charge in [-0.2, -0.15) is 0 Å². The van der Waals surface area contributed by atoms with Gasteiger partial charge in [0.25, 0.3) is 0 Å². The average Bonchev–Trinajstić information content (AvgIpc) is 3.24. The van der Waals surface area contributed by atoms with Crippen LogP contribution in [-0.2, 0) is 21.3 Å². The Kier molecular flexibility index (Phi) is 6.81. The molecular weight excluding hydrogens is 470 g/mol. The lowest BCUT2D eigenvalue weighted by molar-refractivity contribution is -0.143. The van der Waals surface area contributed by atoms with Gasteiger partial charge in [-0.3, -0.25) is 9.69 Å². The second kappa shape index (κ2) is 10.0. The number of fused-ring (bicyclic) bond motifs is 1. The first-order valence-corrected chi connectivity index (χ1v) is 12.8. The van der Waals surface area contributed by atoms with Crippen LogP contribution in [0, 0.1) is 0 Å². The van der Waals surface area contributed by atoms with Crippen LogP contribution >= 0.6 is 0 Å². The van der Waals surface area contributed by atoms with Crippen molar-refractivity contribution in [3.8, 4) is 11.4 Å². The minimum Gasteiger partial charge on any atom is -0.444 e. The topological polar surface area (TPSA) is 80.1 Å². The third kappa shape index (κ3) is 5.27. The van der Waals surface area contributed by atoms with Crippen LogP contribution in [0.4, 0.5) is 10.5 Å². The highest BCUT2D eigenvalue weighted by molar-refractivity contribution is 5.86. The maximum Gasteiger partial charge on any atom is 0.411 e. The highest BCUT2D eigenvalue weighted by Gasteiger charge is 2.38. The molecule has 0 bridgehead atoms. The molecular formula is C28H35N5O4. The zero-order chi connectivity index (χ0) is 26.2. The van der Waals surface area contributed by atoms with Gasteiger partial charge in [-0.15, -0.1) is 0 Å². The van der Waals surface area contributed by atoms with Crippen molar-refractivity contribution in [2.75, 3.05) is 50.8 Å². The van der Waals surface area contributed by atoms with E-state index in [0.29, 0.717) is 39.3 Å². The summed E-state index contributed by atoms with van der Waals surface area (Å²) in [6.07, 6.45) is -0.466. The van der Waals surface area contributed by atoms with E-state index >= 15 is 0 Å². The number of aromatic nitrogens is 2. The molecule has 1 aromatic heterocycles. The average molecular weight is 506 g/mol. The van der Waals surface area contributed by atoms with Crippen molar-refractivity contribution in [3.63, 3.8) is 0 Å². The Bertz CT molecular complexity index is 1290. The maximum atomic E-state index is 13.4. The number of carbonyl (C=O) groups is 2. The summed E-state index contributed by atoms with van der Waals surface area (Å²) < 4.78 is 13.2. The first-order chi connectivity index (χ1) is 17.7. The Hall–Kier alpha value is -3.59. The molecule has 2 fully saturated rings. The van der Waals surface area contributed by atoms with E-state index in [4.69, 9.17) is 14.5 Å². The van der Waals surface area contributed by atoms with Crippen molar-refractivity contribution in [2.24, 2.45) is 7.05 Å². The van der Waals surface area contributed by atoms with Gasteiger partial charge in [0.15, 0.2) is 0 Å². The number of rotatable bonds is 3. The summed E-state index contributed by atoms with van der Waals surface area (Å²) >= 11 is 0. The van der Waals surface area contributed by atoms with Crippen molar-refractivity contribution in [2.45, 2.75) is 32.4 Å². The maximum absolute atomic E-state index is 13.4. The molecule has 0 spiro atoms. The van der Waals surface area contributed by atoms with Gasteiger partial charge in [0.1, 0.15) is 17.5 Å². The number of carbonyl (C=O) groups excluding carboxylic acids is 2. The minimum absolute atomic E-state index is 0.0846. The third-order valence-corrected chi connectivity index (χ3v) is 6.89. The molecule has 2 aromatic carbocycles. The number of imidazole rings is 1. The summed E-state index contributed by atoms with van der Waals surface area (Å²) in [6.45, 7) is 8.99. The number of aryl methyl sites for hydroxylation is 1. The number of benzene rings is 2. The Morgan fingerprint density at radius 1 is 1.00 bits per heavy atom. The fourth-order valence-electron chi connectivity index (χ4n) is 4.99. The lowest BCUT2D eigenvalue weighted by Gasteiger charge is -2.41. The van der Waals surface area contributed by atoms with Crippen LogP contribution in [0.5, 0.6) is 0 Å².